The fourth-order valence-electron chi connectivity index (χ4n) is 5.03. The quantitative estimate of drug-likeness (QED) is 0.233. The van der Waals surface area contributed by atoms with E-state index in [1.807, 2.05) is 18.2 Å². The predicted molar refractivity (Wildman–Crippen MR) is 172 cm³/mol. The number of carbonyl (C=O) groups is 1. The number of thiazole rings is 1. The Morgan fingerprint density at radius 3 is 2.53 bits per heavy atom. The van der Waals surface area contributed by atoms with Crippen LogP contribution in [0, 0.1) is 17.1 Å². The fraction of sp³-hybridized carbons (Fsp3) is 0.0857. The number of aromatic nitrogens is 1. The molecule has 2 heterocycles. The summed E-state index contributed by atoms with van der Waals surface area (Å²) in [4.78, 5) is 32.8. The maximum absolute atomic E-state index is 14.1. The van der Waals surface area contributed by atoms with Gasteiger partial charge in [-0.25, -0.2) is 9.38 Å². The number of amides is 1. The van der Waals surface area contributed by atoms with Crippen molar-refractivity contribution >= 4 is 40.6 Å². The summed E-state index contributed by atoms with van der Waals surface area (Å²) in [5, 5.41) is 12.4. The van der Waals surface area contributed by atoms with Crippen LogP contribution in [-0.2, 0) is 11.4 Å². The second-order valence-corrected chi connectivity index (χ2v) is 11.7. The minimum absolute atomic E-state index is 0.235. The summed E-state index contributed by atoms with van der Waals surface area (Å²) in [6, 6.07) is 28.2. The van der Waals surface area contributed by atoms with E-state index in [0.717, 1.165) is 5.56 Å². The van der Waals surface area contributed by atoms with Crippen molar-refractivity contribution in [3.05, 3.63) is 161 Å². The van der Waals surface area contributed by atoms with Gasteiger partial charge in [-0.2, -0.15) is 5.26 Å². The largest absolute Gasteiger partial charge is 0.488 e. The highest BCUT2D eigenvalue weighted by molar-refractivity contribution is 7.07. The van der Waals surface area contributed by atoms with Crippen molar-refractivity contribution in [3.8, 4) is 11.8 Å². The number of ether oxygens (including phenoxy) is 1. The van der Waals surface area contributed by atoms with E-state index in [1.165, 1.54) is 28.0 Å². The van der Waals surface area contributed by atoms with Crippen molar-refractivity contribution in [1.29, 1.82) is 5.26 Å². The summed E-state index contributed by atoms with van der Waals surface area (Å²) in [5.41, 5.74) is 3.50. The van der Waals surface area contributed by atoms with Crippen LogP contribution in [0.25, 0.3) is 6.08 Å². The molecule has 0 spiro atoms. The molecule has 4 aromatic carbocycles. The summed E-state index contributed by atoms with van der Waals surface area (Å²) < 4.78 is 21.9. The number of hydrogen-bond donors (Lipinski definition) is 1. The Hall–Kier alpha value is -5.30. The lowest BCUT2D eigenvalue weighted by Gasteiger charge is -2.25. The monoisotopic (exact) mass is 634 g/mol. The summed E-state index contributed by atoms with van der Waals surface area (Å²) in [5.74, 6) is -0.347. The average molecular weight is 635 g/mol. The first-order valence-electron chi connectivity index (χ1n) is 13.9. The first-order valence-corrected chi connectivity index (χ1v) is 15.1. The van der Waals surface area contributed by atoms with Crippen LogP contribution in [-0.4, -0.2) is 10.5 Å². The van der Waals surface area contributed by atoms with Gasteiger partial charge in [-0.3, -0.25) is 14.2 Å². The van der Waals surface area contributed by atoms with Crippen LogP contribution < -0.4 is 24.9 Å². The van der Waals surface area contributed by atoms with Gasteiger partial charge in [0.1, 0.15) is 18.2 Å². The van der Waals surface area contributed by atoms with E-state index in [4.69, 9.17) is 21.6 Å². The van der Waals surface area contributed by atoms with Gasteiger partial charge >= 0.3 is 0 Å². The molecule has 1 atom stereocenters. The summed E-state index contributed by atoms with van der Waals surface area (Å²) in [6.45, 7) is 1.96. The molecule has 222 valence electrons. The van der Waals surface area contributed by atoms with Gasteiger partial charge in [0.2, 0.25) is 0 Å². The van der Waals surface area contributed by atoms with Gasteiger partial charge in [0.25, 0.3) is 11.5 Å². The standard InChI is InChI=1S/C35H24ClFN4O3S/c1-21-31(33(42)40-28-5-3-2-4-6-28)32(24-11-14-27(37)15-12-24)41-34(43)30(45-35(41)39-21)18-25-17-26(36)13-16-29(25)44-20-23-9-7-22(19-38)8-10-23/h2-18,32H,20H2,1H3,(H,40,42)/b30-18+/t32-/m0/s1. The molecule has 0 saturated heterocycles. The SMILES string of the molecule is CC1=C(C(=O)Nc2ccccc2)[C@H](c2ccc(F)cc2)n2c(s/c(=C/c3cc(Cl)ccc3OCc3ccc(C#N)cc3)c2=O)=N1. The van der Waals surface area contributed by atoms with Gasteiger partial charge in [0.05, 0.1) is 33.5 Å². The highest BCUT2D eigenvalue weighted by atomic mass is 35.5. The third-order valence-electron chi connectivity index (χ3n) is 7.22. The van der Waals surface area contributed by atoms with Gasteiger partial charge in [0.15, 0.2) is 4.80 Å². The zero-order chi connectivity index (χ0) is 31.5. The topological polar surface area (TPSA) is 96.5 Å². The molecule has 7 nitrogen and oxygen atoms in total. The number of allylic oxidation sites excluding steroid dienone is 1. The van der Waals surface area contributed by atoms with Crippen molar-refractivity contribution < 1.29 is 13.9 Å². The number of benzene rings is 4. The zero-order valence-corrected chi connectivity index (χ0v) is 25.4. The first-order chi connectivity index (χ1) is 21.8. The molecule has 0 aliphatic carbocycles. The number of nitrogens with one attached hydrogen (secondary N) is 1. The van der Waals surface area contributed by atoms with Gasteiger partial charge in [-0.15, -0.1) is 0 Å². The van der Waals surface area contributed by atoms with Crippen molar-refractivity contribution in [3.63, 3.8) is 0 Å². The number of para-hydroxylation sites is 1. The molecule has 10 heteroatoms. The van der Waals surface area contributed by atoms with Crippen LogP contribution in [0.2, 0.25) is 5.02 Å². The second kappa shape index (κ2) is 12.7. The first kappa shape index (κ1) is 29.8. The third-order valence-corrected chi connectivity index (χ3v) is 8.44. The number of rotatable bonds is 7. The lowest BCUT2D eigenvalue weighted by atomic mass is 9.95. The minimum Gasteiger partial charge on any atom is -0.488 e. The Balaban J connectivity index is 1.42. The van der Waals surface area contributed by atoms with Crippen LogP contribution in [0.5, 0.6) is 5.75 Å². The fourth-order valence-corrected chi connectivity index (χ4v) is 6.25. The molecular formula is C35H24ClFN4O3S. The third kappa shape index (κ3) is 6.34. The number of fused-ring (bicyclic) bond motifs is 1. The van der Waals surface area contributed by atoms with E-state index in [9.17, 15) is 14.0 Å². The molecule has 1 amide bonds. The van der Waals surface area contributed by atoms with Crippen LogP contribution in [0.3, 0.4) is 0 Å². The predicted octanol–water partition coefficient (Wildman–Crippen LogP) is 6.12. The second-order valence-electron chi connectivity index (χ2n) is 10.2. The van der Waals surface area contributed by atoms with E-state index in [0.29, 0.717) is 48.2 Å². The minimum atomic E-state index is -0.848. The molecule has 0 saturated carbocycles. The molecule has 1 aliphatic rings. The van der Waals surface area contributed by atoms with Crippen molar-refractivity contribution in [2.45, 2.75) is 19.6 Å². The number of carbonyl (C=O) groups excluding carboxylic acids is 1. The molecule has 1 N–H and O–H groups in total. The Kier molecular flexibility index (Phi) is 8.43. The highest BCUT2D eigenvalue weighted by Crippen LogP contribution is 2.31. The molecule has 0 bridgehead atoms. The van der Waals surface area contributed by atoms with E-state index in [-0.39, 0.29) is 17.7 Å². The molecular weight excluding hydrogens is 611 g/mol. The average Bonchev–Trinajstić information content (AvgIpc) is 3.34. The number of nitriles is 1. The normalized spacial score (nSPS) is 14.4. The summed E-state index contributed by atoms with van der Waals surface area (Å²) in [6.07, 6.45) is 1.69. The number of hydrogen-bond acceptors (Lipinski definition) is 6. The van der Waals surface area contributed by atoms with E-state index >= 15 is 0 Å². The molecule has 0 unspecified atom stereocenters. The maximum atomic E-state index is 14.1. The van der Waals surface area contributed by atoms with Crippen LogP contribution >= 0.6 is 22.9 Å². The number of anilines is 1. The van der Waals surface area contributed by atoms with Crippen molar-refractivity contribution in [2.24, 2.45) is 4.99 Å². The lowest BCUT2D eigenvalue weighted by Crippen LogP contribution is -2.40. The number of halogens is 2. The van der Waals surface area contributed by atoms with E-state index < -0.39 is 17.8 Å². The Morgan fingerprint density at radius 1 is 1.09 bits per heavy atom. The summed E-state index contributed by atoms with van der Waals surface area (Å²) in [7, 11) is 0. The Morgan fingerprint density at radius 2 is 1.82 bits per heavy atom. The molecule has 45 heavy (non-hydrogen) atoms. The smallest absolute Gasteiger partial charge is 0.271 e. The van der Waals surface area contributed by atoms with Crippen LogP contribution in [0.1, 0.15) is 35.2 Å². The molecule has 1 aromatic heterocycles. The number of nitrogens with zero attached hydrogens (tertiary/aromatic N) is 3. The highest BCUT2D eigenvalue weighted by Gasteiger charge is 2.32. The maximum Gasteiger partial charge on any atom is 0.271 e. The van der Waals surface area contributed by atoms with Gasteiger partial charge in [-0.05, 0) is 78.7 Å². The summed E-state index contributed by atoms with van der Waals surface area (Å²) >= 11 is 7.52. The molecule has 0 fully saturated rings. The Bertz CT molecular complexity index is 2170. The van der Waals surface area contributed by atoms with Crippen LogP contribution in [0.4, 0.5) is 10.1 Å². The Labute approximate surface area is 266 Å². The van der Waals surface area contributed by atoms with Crippen LogP contribution in [0.15, 0.2) is 118 Å². The molecule has 1 aliphatic heterocycles. The van der Waals surface area contributed by atoms with E-state index in [2.05, 4.69) is 16.4 Å². The molecule has 0 radical (unpaired) electrons. The lowest BCUT2D eigenvalue weighted by molar-refractivity contribution is -0.113. The van der Waals surface area contributed by atoms with Gasteiger partial charge in [0, 0.05) is 16.3 Å². The van der Waals surface area contributed by atoms with Gasteiger partial charge < -0.3 is 10.1 Å². The van der Waals surface area contributed by atoms with E-state index in [1.54, 1.807) is 79.7 Å². The molecule has 5 aromatic rings. The zero-order valence-electron chi connectivity index (χ0n) is 23.8. The van der Waals surface area contributed by atoms with Gasteiger partial charge in [-0.1, -0.05) is 65.4 Å². The van der Waals surface area contributed by atoms with Crippen molar-refractivity contribution in [1.82, 2.24) is 4.57 Å². The van der Waals surface area contributed by atoms with Crippen molar-refractivity contribution in [2.75, 3.05) is 5.32 Å². The molecule has 6 rings (SSSR count).